The summed E-state index contributed by atoms with van der Waals surface area (Å²) in [6.45, 7) is 2.91. The van der Waals surface area contributed by atoms with Crippen LogP contribution in [0.3, 0.4) is 0 Å². The molecule has 5 rings (SSSR count). The highest BCUT2D eigenvalue weighted by Crippen LogP contribution is 2.45. The maximum atomic E-state index is 13.4. The third-order valence-electron chi connectivity index (χ3n) is 6.33. The number of fused-ring (bicyclic) bond motifs is 3. The summed E-state index contributed by atoms with van der Waals surface area (Å²) < 4.78 is 1.07. The standard InChI is InChI=1S/C23H21BrN2O/c1-14-17-5-3-2-4-15(17)10-18(14)22(27)21-12-23(8-9-25-21)13-26-20-7-6-16(24)11-19(20)23/h2-7,11,13,21,25H,8-10,12H2,1H3/t21-,23?/m1/s1. The van der Waals surface area contributed by atoms with Crippen molar-refractivity contribution in [2.45, 2.75) is 37.6 Å². The Kier molecular flexibility index (Phi) is 3.95. The van der Waals surface area contributed by atoms with Gasteiger partial charge in [0.2, 0.25) is 0 Å². The van der Waals surface area contributed by atoms with Gasteiger partial charge in [-0.05, 0) is 66.8 Å². The van der Waals surface area contributed by atoms with E-state index in [9.17, 15) is 4.79 Å². The van der Waals surface area contributed by atoms with E-state index in [0.717, 1.165) is 47.1 Å². The molecule has 1 aliphatic carbocycles. The molecule has 2 aromatic carbocycles. The number of hydrogen-bond donors (Lipinski definition) is 1. The van der Waals surface area contributed by atoms with Crippen molar-refractivity contribution >= 4 is 39.2 Å². The Bertz CT molecular complexity index is 1020. The average Bonchev–Trinajstić information content (AvgIpc) is 3.20. The molecule has 0 saturated carbocycles. The summed E-state index contributed by atoms with van der Waals surface area (Å²) >= 11 is 3.59. The topological polar surface area (TPSA) is 41.5 Å². The monoisotopic (exact) mass is 420 g/mol. The number of Topliss-reactive ketones (excluding diaryl/α,β-unsaturated/α-hetero) is 1. The van der Waals surface area contributed by atoms with Crippen LogP contribution in [0.25, 0.3) is 5.57 Å². The Labute approximate surface area is 167 Å². The first kappa shape index (κ1) is 17.1. The molecule has 1 fully saturated rings. The van der Waals surface area contributed by atoms with Crippen LogP contribution in [0.4, 0.5) is 5.69 Å². The van der Waals surface area contributed by atoms with Gasteiger partial charge in [-0.2, -0.15) is 0 Å². The minimum atomic E-state index is -0.158. The second kappa shape index (κ2) is 6.25. The van der Waals surface area contributed by atoms with E-state index >= 15 is 0 Å². The predicted octanol–water partition coefficient (Wildman–Crippen LogP) is 4.75. The van der Waals surface area contributed by atoms with E-state index in [4.69, 9.17) is 0 Å². The van der Waals surface area contributed by atoms with Crippen LogP contribution in [0, 0.1) is 0 Å². The lowest BCUT2D eigenvalue weighted by Gasteiger charge is -2.37. The molecule has 0 radical (unpaired) electrons. The molecule has 3 nitrogen and oxygen atoms in total. The molecule has 0 aromatic heterocycles. The van der Waals surface area contributed by atoms with Gasteiger partial charge in [0.25, 0.3) is 0 Å². The molecule has 1 unspecified atom stereocenters. The van der Waals surface area contributed by atoms with Crippen molar-refractivity contribution in [3.63, 3.8) is 0 Å². The maximum absolute atomic E-state index is 13.4. The van der Waals surface area contributed by atoms with Crippen molar-refractivity contribution < 1.29 is 4.79 Å². The number of allylic oxidation sites excluding steroid dienone is 1. The van der Waals surface area contributed by atoms with Gasteiger partial charge < -0.3 is 5.32 Å². The molecular weight excluding hydrogens is 400 g/mol. The van der Waals surface area contributed by atoms with Gasteiger partial charge in [0.1, 0.15) is 0 Å². The number of halogens is 1. The van der Waals surface area contributed by atoms with E-state index in [-0.39, 0.29) is 17.2 Å². The number of benzene rings is 2. The number of ketones is 1. The molecule has 2 aromatic rings. The second-order valence-corrected chi connectivity index (χ2v) is 8.75. The van der Waals surface area contributed by atoms with Crippen molar-refractivity contribution in [3.8, 4) is 0 Å². The minimum absolute atomic E-state index is 0.134. The van der Waals surface area contributed by atoms with Gasteiger partial charge >= 0.3 is 0 Å². The molecule has 1 spiro atoms. The molecule has 27 heavy (non-hydrogen) atoms. The Morgan fingerprint density at radius 3 is 2.96 bits per heavy atom. The van der Waals surface area contributed by atoms with Crippen LogP contribution in [0.1, 0.15) is 36.5 Å². The van der Waals surface area contributed by atoms with E-state index in [0.29, 0.717) is 0 Å². The molecule has 1 N–H and O–H groups in total. The van der Waals surface area contributed by atoms with Crippen LogP contribution in [0.5, 0.6) is 0 Å². The average molecular weight is 421 g/mol. The highest BCUT2D eigenvalue weighted by Gasteiger charge is 2.43. The fourth-order valence-electron chi connectivity index (χ4n) is 4.85. The van der Waals surface area contributed by atoms with Gasteiger partial charge in [-0.15, -0.1) is 0 Å². The summed E-state index contributed by atoms with van der Waals surface area (Å²) in [7, 11) is 0. The smallest absolute Gasteiger partial charge is 0.176 e. The van der Waals surface area contributed by atoms with Crippen LogP contribution in [0.2, 0.25) is 0 Å². The van der Waals surface area contributed by atoms with E-state index in [1.54, 1.807) is 0 Å². The van der Waals surface area contributed by atoms with Crippen LogP contribution in [-0.2, 0) is 16.6 Å². The molecule has 136 valence electrons. The van der Waals surface area contributed by atoms with E-state index < -0.39 is 0 Å². The lowest BCUT2D eigenvalue weighted by molar-refractivity contribution is -0.118. The molecule has 3 aliphatic rings. The summed E-state index contributed by atoms with van der Waals surface area (Å²) in [5.74, 6) is 0.250. The van der Waals surface area contributed by atoms with Crippen LogP contribution in [0.15, 0.2) is 57.5 Å². The van der Waals surface area contributed by atoms with Crippen molar-refractivity contribution in [1.29, 1.82) is 0 Å². The fourth-order valence-corrected chi connectivity index (χ4v) is 5.21. The normalized spacial score (nSPS) is 25.8. The molecule has 1 saturated heterocycles. The van der Waals surface area contributed by atoms with Crippen molar-refractivity contribution in [3.05, 3.63) is 69.2 Å². The summed E-state index contributed by atoms with van der Waals surface area (Å²) in [5.41, 5.74) is 6.75. The van der Waals surface area contributed by atoms with Crippen LogP contribution < -0.4 is 5.32 Å². The summed E-state index contributed by atoms with van der Waals surface area (Å²) in [6.07, 6.45) is 4.58. The first-order valence-corrected chi connectivity index (χ1v) is 10.3. The van der Waals surface area contributed by atoms with Gasteiger partial charge in [-0.1, -0.05) is 40.2 Å². The zero-order chi connectivity index (χ0) is 18.6. The summed E-state index contributed by atoms with van der Waals surface area (Å²) in [4.78, 5) is 18.1. The lowest BCUT2D eigenvalue weighted by atomic mass is 9.71. The molecule has 2 aliphatic heterocycles. The summed E-state index contributed by atoms with van der Waals surface area (Å²) in [5, 5.41) is 3.48. The second-order valence-electron chi connectivity index (χ2n) is 7.84. The minimum Gasteiger partial charge on any atom is -0.307 e. The fraction of sp³-hybridized carbons (Fsp3) is 0.304. The first-order chi connectivity index (χ1) is 13.1. The van der Waals surface area contributed by atoms with Crippen molar-refractivity contribution in [1.82, 2.24) is 5.32 Å². The largest absolute Gasteiger partial charge is 0.307 e. The summed E-state index contributed by atoms with van der Waals surface area (Å²) in [6, 6.07) is 14.5. The Balaban J connectivity index is 1.45. The number of nitrogens with zero attached hydrogens (tertiary/aromatic N) is 1. The quantitative estimate of drug-likeness (QED) is 0.760. The number of aliphatic imine (C=N–C) groups is 1. The Morgan fingerprint density at radius 1 is 1.26 bits per heavy atom. The maximum Gasteiger partial charge on any atom is 0.176 e. The number of hydrogen-bond acceptors (Lipinski definition) is 3. The van der Waals surface area contributed by atoms with E-state index in [2.05, 4.69) is 69.7 Å². The number of carbonyl (C=O) groups is 1. The lowest BCUT2D eigenvalue weighted by Crippen LogP contribution is -2.50. The van der Waals surface area contributed by atoms with Gasteiger partial charge in [0.05, 0.1) is 11.7 Å². The molecule has 0 amide bonds. The van der Waals surface area contributed by atoms with Crippen molar-refractivity contribution in [2.24, 2.45) is 4.99 Å². The highest BCUT2D eigenvalue weighted by molar-refractivity contribution is 9.10. The predicted molar refractivity (Wildman–Crippen MR) is 113 cm³/mol. The number of rotatable bonds is 2. The molecule has 2 atom stereocenters. The van der Waals surface area contributed by atoms with Gasteiger partial charge in [-0.25, -0.2) is 0 Å². The molecule has 2 heterocycles. The zero-order valence-electron chi connectivity index (χ0n) is 15.3. The number of carbonyl (C=O) groups excluding carboxylic acids is 1. The van der Waals surface area contributed by atoms with Gasteiger partial charge in [0, 0.05) is 28.1 Å². The molecule has 4 heteroatoms. The third-order valence-corrected chi connectivity index (χ3v) is 6.82. The van der Waals surface area contributed by atoms with Gasteiger partial charge in [-0.3, -0.25) is 9.79 Å². The third kappa shape index (κ3) is 2.66. The Morgan fingerprint density at radius 2 is 2.11 bits per heavy atom. The van der Waals surface area contributed by atoms with Crippen molar-refractivity contribution in [2.75, 3.05) is 6.54 Å². The Hall–Kier alpha value is -2.04. The number of nitrogens with one attached hydrogen (secondary N) is 1. The van der Waals surface area contributed by atoms with E-state index in [1.165, 1.54) is 16.7 Å². The number of piperidine rings is 1. The molecule has 0 bridgehead atoms. The van der Waals surface area contributed by atoms with Gasteiger partial charge in [0.15, 0.2) is 5.78 Å². The molecular formula is C23H21BrN2O. The zero-order valence-corrected chi connectivity index (χ0v) is 16.8. The van der Waals surface area contributed by atoms with Crippen LogP contribution >= 0.6 is 15.9 Å². The highest BCUT2D eigenvalue weighted by atomic mass is 79.9. The van der Waals surface area contributed by atoms with Crippen LogP contribution in [-0.4, -0.2) is 24.6 Å². The SMILES string of the molecule is CC1=C(C(=O)[C@H]2CC3(C=Nc4ccc(Br)cc43)CCN2)Cc2ccccc21. The first-order valence-electron chi connectivity index (χ1n) is 9.48. The van der Waals surface area contributed by atoms with E-state index in [1.807, 2.05) is 12.1 Å².